The fourth-order valence-corrected chi connectivity index (χ4v) is 20.2. The number of carbonyl (C=O) groups is 3. The Morgan fingerprint density at radius 1 is 0.486 bits per heavy atom. The fraction of sp³-hybridized carbons (Fsp3) is 0.929. The summed E-state index contributed by atoms with van der Waals surface area (Å²) in [5.74, 6) is -4.20. The Bertz CT molecular complexity index is 3130. The van der Waals surface area contributed by atoms with Crippen LogP contribution in [0, 0.1) is 50.2 Å². The van der Waals surface area contributed by atoms with Crippen LogP contribution >= 0.6 is 0 Å². The van der Waals surface area contributed by atoms with E-state index in [2.05, 4.69) is 40.7 Å². The first kappa shape index (κ1) is 83.5. The number of aliphatic carboxylic acids is 1. The lowest BCUT2D eigenvalue weighted by Crippen LogP contribution is -2.69. The Kier molecular flexibility index (Phi) is 24.5. The van der Waals surface area contributed by atoms with Gasteiger partial charge in [-0.15, -0.1) is 0 Å². The van der Waals surface area contributed by atoms with Gasteiger partial charge in [0.1, 0.15) is 146 Å². The first-order valence-corrected chi connectivity index (χ1v) is 37.0. The maximum Gasteiger partial charge on any atom is 0.335 e. The molecule has 7 saturated heterocycles. The quantitative estimate of drug-likeness (QED) is 0.0262. The minimum atomic E-state index is -2.23. The molecule has 43 unspecified atom stereocenters. The first-order valence-electron chi connectivity index (χ1n) is 37.0. The molecule has 12 aliphatic rings. The van der Waals surface area contributed by atoms with Crippen molar-refractivity contribution in [3.8, 4) is 0 Å². The number of aldehydes is 1. The van der Waals surface area contributed by atoms with Crippen molar-refractivity contribution in [2.45, 2.75) is 328 Å². The van der Waals surface area contributed by atoms with Crippen molar-refractivity contribution in [2.24, 2.45) is 50.2 Å². The molecule has 12 rings (SSSR count). The number of carbonyl (C=O) groups excluding carboxylic acids is 2. The summed E-state index contributed by atoms with van der Waals surface area (Å²) in [5.41, 5.74) is -5.06. The molecule has 4 saturated carbocycles. The van der Waals surface area contributed by atoms with Gasteiger partial charge in [0.25, 0.3) is 0 Å². The monoisotopic (exact) mass is 1540 g/mol. The van der Waals surface area contributed by atoms with Crippen LogP contribution < -0.4 is 0 Å². The predicted octanol–water partition coefficient (Wildman–Crippen LogP) is -6.99. The second-order valence-corrected chi connectivity index (χ2v) is 33.6. The summed E-state index contributed by atoms with van der Waals surface area (Å²) in [6.07, 6.45) is -58.6. The number of allylic oxidation sites excluding steroid dienone is 2. The van der Waals surface area contributed by atoms with Gasteiger partial charge in [-0.2, -0.15) is 0 Å². The molecule has 5 aliphatic carbocycles. The number of esters is 1. The molecular weight excluding hydrogens is 1430 g/mol. The summed E-state index contributed by atoms with van der Waals surface area (Å²) in [5, 5.41) is 221. The van der Waals surface area contributed by atoms with Crippen LogP contribution in [0.5, 0.6) is 0 Å². The molecule has 612 valence electrons. The van der Waals surface area contributed by atoms with Crippen molar-refractivity contribution in [2.75, 3.05) is 26.4 Å². The zero-order valence-electron chi connectivity index (χ0n) is 60.7. The molecule has 7 aliphatic heterocycles. The van der Waals surface area contributed by atoms with E-state index in [1.54, 1.807) is 6.92 Å². The van der Waals surface area contributed by atoms with Gasteiger partial charge in [-0.25, -0.2) is 4.79 Å². The van der Waals surface area contributed by atoms with Crippen molar-refractivity contribution in [1.29, 1.82) is 0 Å². The lowest BCUT2D eigenvalue weighted by atomic mass is 9.33. The van der Waals surface area contributed by atoms with E-state index < -0.39 is 298 Å². The topological polar surface area (TPSA) is 585 Å². The summed E-state index contributed by atoms with van der Waals surface area (Å²) >= 11 is 0. The highest BCUT2D eigenvalue weighted by molar-refractivity contribution is 5.80. The molecule has 37 heteroatoms. The molecule has 11 fully saturated rings. The maximum atomic E-state index is 16.0. The van der Waals surface area contributed by atoms with Gasteiger partial charge >= 0.3 is 11.9 Å². The molecular formula is C70H110O37. The summed E-state index contributed by atoms with van der Waals surface area (Å²) in [4.78, 5) is 43.3. The van der Waals surface area contributed by atoms with E-state index in [0.717, 1.165) is 11.9 Å². The maximum absolute atomic E-state index is 16.0. The fourth-order valence-electron chi connectivity index (χ4n) is 20.2. The molecule has 0 aromatic heterocycles. The first-order chi connectivity index (χ1) is 50.2. The smallest absolute Gasteiger partial charge is 0.335 e. The molecule has 0 aromatic carbocycles. The standard InChI is InChI=1S/C70H110O37/c1-24-36(77)43(84)53(105-61-54(104-59-46(87)41(82)39(80)30(19-71)98-59)48(89)50(25(2)97-61)101-57-44(85)37(78)28(74)21-94-57)62(96-24)107-64(93)70-16-15-65(3,4)17-27(70)26-9-10-33-66(5)13-12-35(67(6,23-73)32(66)11-14-68(33,7)69(26,8)18-34(70)76)100-63-55(106-60-47(88)42(83)40(81)31(20-72)99-60)51(49(90)52(103-63)56(91)92)102-58-45(86)38(79)29(75)22-95-58/h9,23-25,27-55,57-63,71-72,74-90H,10-22H2,1-8H3,(H,91,92). The van der Waals surface area contributed by atoms with Crippen LogP contribution in [0.15, 0.2) is 11.6 Å². The van der Waals surface area contributed by atoms with Gasteiger partial charge in [0.05, 0.1) is 56.3 Å². The number of ether oxygens (including phenoxy) is 14. The third-order valence-corrected chi connectivity index (χ3v) is 26.9. The van der Waals surface area contributed by atoms with Crippen LogP contribution in [0.3, 0.4) is 0 Å². The van der Waals surface area contributed by atoms with Crippen molar-refractivity contribution in [1.82, 2.24) is 0 Å². The summed E-state index contributed by atoms with van der Waals surface area (Å²) < 4.78 is 84.8. The van der Waals surface area contributed by atoms with Gasteiger partial charge in [0, 0.05) is 0 Å². The van der Waals surface area contributed by atoms with Crippen LogP contribution in [0.1, 0.15) is 113 Å². The van der Waals surface area contributed by atoms with Gasteiger partial charge < -0.3 is 173 Å². The molecule has 0 aromatic rings. The van der Waals surface area contributed by atoms with Crippen LogP contribution in [0.2, 0.25) is 0 Å². The van der Waals surface area contributed by atoms with E-state index in [-0.39, 0.29) is 25.2 Å². The molecule has 0 bridgehead atoms. The second-order valence-electron chi connectivity index (χ2n) is 33.6. The Labute approximate surface area is 615 Å². The van der Waals surface area contributed by atoms with E-state index in [0.29, 0.717) is 38.5 Å². The van der Waals surface area contributed by atoms with E-state index in [1.165, 1.54) is 13.8 Å². The largest absolute Gasteiger partial charge is 0.479 e. The summed E-state index contributed by atoms with van der Waals surface area (Å²) in [6, 6.07) is 0. The average molecular weight is 1540 g/mol. The number of carboxylic acids is 1. The predicted molar refractivity (Wildman–Crippen MR) is 348 cm³/mol. The van der Waals surface area contributed by atoms with E-state index in [4.69, 9.17) is 66.3 Å². The van der Waals surface area contributed by atoms with Crippen LogP contribution in [-0.4, -0.2) is 362 Å². The third kappa shape index (κ3) is 14.3. The van der Waals surface area contributed by atoms with Crippen molar-refractivity contribution < 1.29 is 183 Å². The molecule has 7 heterocycles. The van der Waals surface area contributed by atoms with Gasteiger partial charge in [-0.3, -0.25) is 4.79 Å². The molecule has 20 N–H and O–H groups in total. The van der Waals surface area contributed by atoms with Gasteiger partial charge in [-0.05, 0) is 111 Å². The van der Waals surface area contributed by atoms with Crippen molar-refractivity contribution in [3.05, 3.63) is 11.6 Å². The highest BCUT2D eigenvalue weighted by Crippen LogP contribution is 2.76. The number of aliphatic hydroxyl groups excluding tert-OH is 19. The zero-order valence-corrected chi connectivity index (χ0v) is 60.7. The number of fused-ring (bicyclic) bond motifs is 7. The van der Waals surface area contributed by atoms with E-state index in [1.807, 2.05) is 0 Å². The lowest BCUT2D eigenvalue weighted by molar-refractivity contribution is -0.399. The van der Waals surface area contributed by atoms with Crippen LogP contribution in [-0.2, 0) is 80.7 Å². The Hall–Kier alpha value is -2.93. The molecule has 107 heavy (non-hydrogen) atoms. The minimum absolute atomic E-state index is 0.00398. The number of hydrogen-bond donors (Lipinski definition) is 20. The summed E-state index contributed by atoms with van der Waals surface area (Å²) in [7, 11) is 0. The van der Waals surface area contributed by atoms with E-state index >= 15 is 4.79 Å². The minimum Gasteiger partial charge on any atom is -0.479 e. The van der Waals surface area contributed by atoms with Crippen molar-refractivity contribution >= 4 is 18.2 Å². The number of rotatable bonds is 18. The van der Waals surface area contributed by atoms with Gasteiger partial charge in [0.2, 0.25) is 6.29 Å². The van der Waals surface area contributed by atoms with Crippen LogP contribution in [0.25, 0.3) is 0 Å². The van der Waals surface area contributed by atoms with Gasteiger partial charge in [0.15, 0.2) is 49.9 Å². The number of hydrogen-bond acceptors (Lipinski definition) is 36. The normalized spacial score (nSPS) is 55.0. The van der Waals surface area contributed by atoms with Crippen LogP contribution in [0.4, 0.5) is 0 Å². The number of carboxylic acid groups (broad SMARTS) is 1. The Morgan fingerprint density at radius 3 is 1.56 bits per heavy atom. The highest BCUT2D eigenvalue weighted by Gasteiger charge is 2.73. The SMILES string of the molecule is CC1OC(OC(=O)C23CCC(C)(C)CC2C2=CCC4C5(C)CCC(OC6OC(C(=O)O)C(O)C(OC7OCC(O)C(O)C7O)C6OC6OC(CO)C(O)C(O)C6O)C(C)(C=O)C5CCC4(C)C2(C)CC3O)C(OC2OC(C)C(OC3OCC(O)C(O)C3O)C(O)C2OC2OC(CO)C(O)C(O)C2O)C(O)C1O. The Balaban J connectivity index is 0.823. The van der Waals surface area contributed by atoms with E-state index in [9.17, 15) is 112 Å². The molecule has 37 nitrogen and oxygen atoms in total. The second kappa shape index (κ2) is 31.4. The number of aliphatic hydroxyl groups is 19. The highest BCUT2D eigenvalue weighted by atomic mass is 16.8. The Morgan fingerprint density at radius 2 is 1.00 bits per heavy atom. The van der Waals surface area contributed by atoms with Crippen molar-refractivity contribution in [3.63, 3.8) is 0 Å². The van der Waals surface area contributed by atoms with Gasteiger partial charge in [-0.1, -0.05) is 53.2 Å². The molecule has 43 atom stereocenters. The lowest BCUT2D eigenvalue weighted by Gasteiger charge is -2.71. The molecule has 0 spiro atoms. The zero-order chi connectivity index (χ0) is 78.2. The average Bonchev–Trinajstić information content (AvgIpc) is 0.670. The molecule has 0 amide bonds. The third-order valence-electron chi connectivity index (χ3n) is 26.9. The summed E-state index contributed by atoms with van der Waals surface area (Å²) in [6.45, 7) is 12.0. The molecule has 0 radical (unpaired) electrons.